The molecule has 400 valence electrons. The highest BCUT2D eigenvalue weighted by atomic mass is 16.6. The van der Waals surface area contributed by atoms with Gasteiger partial charge in [-0.1, -0.05) is 266 Å². The number of hydrogen-bond acceptors (Lipinski definition) is 6. The Labute approximate surface area is 432 Å². The normalized spacial score (nSPS) is 12.8. The lowest BCUT2D eigenvalue weighted by Gasteiger charge is -2.18. The predicted molar refractivity (Wildman–Crippen MR) is 302 cm³/mol. The largest absolute Gasteiger partial charge is 0.462 e. The van der Waals surface area contributed by atoms with Gasteiger partial charge in [-0.3, -0.25) is 14.4 Å². The highest BCUT2D eigenvalue weighted by Gasteiger charge is 2.19. The summed E-state index contributed by atoms with van der Waals surface area (Å²) < 4.78 is 16.7. The molecule has 0 N–H and O–H groups in total. The fraction of sp³-hybridized carbons (Fsp3) is 0.703. The average Bonchev–Trinajstić information content (AvgIpc) is 3.36. The molecule has 0 heterocycles. The van der Waals surface area contributed by atoms with Gasteiger partial charge in [0.05, 0.1) is 0 Å². The smallest absolute Gasteiger partial charge is 0.306 e. The number of hydrogen-bond donors (Lipinski definition) is 0. The van der Waals surface area contributed by atoms with Crippen LogP contribution in [0.15, 0.2) is 97.2 Å². The van der Waals surface area contributed by atoms with Crippen molar-refractivity contribution in [2.24, 2.45) is 0 Å². The van der Waals surface area contributed by atoms with Crippen LogP contribution in [0, 0.1) is 0 Å². The number of allylic oxidation sites excluding steroid dienone is 16. The summed E-state index contributed by atoms with van der Waals surface area (Å²) in [4.78, 5) is 37.9. The summed E-state index contributed by atoms with van der Waals surface area (Å²) >= 11 is 0. The van der Waals surface area contributed by atoms with E-state index in [1.165, 1.54) is 109 Å². The van der Waals surface area contributed by atoms with Crippen molar-refractivity contribution in [1.82, 2.24) is 0 Å². The molecule has 0 aliphatic carbocycles. The van der Waals surface area contributed by atoms with Crippen LogP contribution in [0.3, 0.4) is 0 Å². The second kappa shape index (κ2) is 57.9. The molecule has 0 aromatic heterocycles. The minimum atomic E-state index is -0.783. The molecule has 0 rings (SSSR count). The first-order valence-electron chi connectivity index (χ1n) is 29.2. The SMILES string of the molecule is CC/C=C\C/C=C\C/C=C\C/C=C\C/C=C\C/C=C\C/C=C\C/C=C\CCCCCCC(=O)OCC(COC(=O)CCCCCCCC)OC(=O)CCCCCCCCCCCCCCCCCCC. The van der Waals surface area contributed by atoms with Gasteiger partial charge in [0.1, 0.15) is 13.2 Å². The summed E-state index contributed by atoms with van der Waals surface area (Å²) in [5.41, 5.74) is 0. The van der Waals surface area contributed by atoms with Crippen molar-refractivity contribution in [2.45, 2.75) is 277 Å². The number of rotatable bonds is 52. The highest BCUT2D eigenvalue weighted by molar-refractivity contribution is 5.71. The molecule has 70 heavy (non-hydrogen) atoms. The number of carbonyl (C=O) groups is 3. The summed E-state index contributed by atoms with van der Waals surface area (Å²) in [7, 11) is 0. The third-order valence-electron chi connectivity index (χ3n) is 12.4. The van der Waals surface area contributed by atoms with E-state index in [9.17, 15) is 14.4 Å². The van der Waals surface area contributed by atoms with E-state index in [2.05, 4.69) is 118 Å². The minimum Gasteiger partial charge on any atom is -0.462 e. The van der Waals surface area contributed by atoms with Crippen molar-refractivity contribution >= 4 is 17.9 Å². The Morgan fingerprint density at radius 1 is 0.300 bits per heavy atom. The molecular weight excluding hydrogens is 865 g/mol. The van der Waals surface area contributed by atoms with Crippen LogP contribution in [-0.4, -0.2) is 37.2 Å². The van der Waals surface area contributed by atoms with Crippen LogP contribution >= 0.6 is 0 Å². The van der Waals surface area contributed by atoms with Gasteiger partial charge in [0.25, 0.3) is 0 Å². The average molecular weight is 974 g/mol. The zero-order valence-corrected chi connectivity index (χ0v) is 45.8. The molecule has 6 nitrogen and oxygen atoms in total. The number of carbonyl (C=O) groups excluding carboxylic acids is 3. The van der Waals surface area contributed by atoms with Crippen molar-refractivity contribution in [3.05, 3.63) is 97.2 Å². The Bertz CT molecular complexity index is 1400. The molecule has 1 unspecified atom stereocenters. The van der Waals surface area contributed by atoms with Crippen LogP contribution in [0.4, 0.5) is 0 Å². The maximum atomic E-state index is 12.8. The third-order valence-corrected chi connectivity index (χ3v) is 12.4. The van der Waals surface area contributed by atoms with Crippen LogP contribution in [-0.2, 0) is 28.6 Å². The lowest BCUT2D eigenvalue weighted by molar-refractivity contribution is -0.167. The molecule has 0 aromatic rings. The van der Waals surface area contributed by atoms with Crippen molar-refractivity contribution in [2.75, 3.05) is 13.2 Å². The van der Waals surface area contributed by atoms with E-state index in [0.29, 0.717) is 19.3 Å². The molecule has 0 bridgehead atoms. The first kappa shape index (κ1) is 66.3. The summed E-state index contributed by atoms with van der Waals surface area (Å²) in [5, 5.41) is 0. The Hall–Kier alpha value is -3.67. The first-order valence-corrected chi connectivity index (χ1v) is 29.2. The Balaban J connectivity index is 4.19. The fourth-order valence-electron chi connectivity index (χ4n) is 7.99. The van der Waals surface area contributed by atoms with E-state index in [1.807, 2.05) is 0 Å². The van der Waals surface area contributed by atoms with Crippen LogP contribution < -0.4 is 0 Å². The van der Waals surface area contributed by atoms with E-state index in [0.717, 1.165) is 122 Å². The second-order valence-electron chi connectivity index (χ2n) is 19.2. The molecule has 0 spiro atoms. The van der Waals surface area contributed by atoms with Gasteiger partial charge in [0, 0.05) is 19.3 Å². The van der Waals surface area contributed by atoms with E-state index in [-0.39, 0.29) is 31.1 Å². The van der Waals surface area contributed by atoms with E-state index >= 15 is 0 Å². The van der Waals surface area contributed by atoms with E-state index < -0.39 is 6.10 Å². The molecule has 0 aliphatic rings. The predicted octanol–water partition coefficient (Wildman–Crippen LogP) is 19.7. The van der Waals surface area contributed by atoms with Gasteiger partial charge in [0.15, 0.2) is 6.10 Å². The van der Waals surface area contributed by atoms with Crippen LogP contribution in [0.5, 0.6) is 0 Å². The third kappa shape index (κ3) is 55.3. The minimum absolute atomic E-state index is 0.0838. The lowest BCUT2D eigenvalue weighted by atomic mass is 10.0. The van der Waals surface area contributed by atoms with Gasteiger partial charge in [-0.2, -0.15) is 0 Å². The topological polar surface area (TPSA) is 78.9 Å². The number of unbranched alkanes of at least 4 members (excludes halogenated alkanes) is 25. The number of esters is 3. The Kier molecular flexibility index (Phi) is 54.9. The van der Waals surface area contributed by atoms with Gasteiger partial charge in [0.2, 0.25) is 0 Å². The zero-order valence-electron chi connectivity index (χ0n) is 45.8. The summed E-state index contributed by atoms with van der Waals surface area (Å²) in [5.74, 6) is -0.914. The molecule has 6 heteroatoms. The van der Waals surface area contributed by atoms with E-state index in [1.54, 1.807) is 0 Å². The standard InChI is InChI=1S/C64H108O6/c1-4-7-10-13-16-18-20-22-24-26-27-28-29-30-31-32-33-34-35-36-37-39-40-42-44-46-48-51-54-57-63(66)69-60-61(59-68-62(65)56-53-50-15-12-9-6-3)70-64(67)58-55-52-49-47-45-43-41-38-25-23-21-19-17-14-11-8-5-2/h7,10,16,18,22,24,27-28,30-31,33-34,36-37,40,42,61H,4-6,8-9,11-15,17,19-21,23,25-26,29,32,35,38-39,41,43-60H2,1-3H3/b10-7-,18-16-,24-22-,28-27-,31-30-,34-33-,37-36-,42-40-. The van der Waals surface area contributed by atoms with Crippen molar-refractivity contribution in [1.29, 1.82) is 0 Å². The quantitative estimate of drug-likeness (QED) is 0.0262. The monoisotopic (exact) mass is 973 g/mol. The molecular formula is C64H108O6. The summed E-state index contributed by atoms with van der Waals surface area (Å²) in [6, 6.07) is 0. The van der Waals surface area contributed by atoms with Crippen molar-refractivity contribution in [3.63, 3.8) is 0 Å². The Morgan fingerprint density at radius 3 is 0.871 bits per heavy atom. The highest BCUT2D eigenvalue weighted by Crippen LogP contribution is 2.16. The van der Waals surface area contributed by atoms with Crippen LogP contribution in [0.1, 0.15) is 271 Å². The Morgan fingerprint density at radius 2 is 0.557 bits per heavy atom. The van der Waals surface area contributed by atoms with E-state index in [4.69, 9.17) is 14.2 Å². The van der Waals surface area contributed by atoms with Gasteiger partial charge in [-0.05, 0) is 83.5 Å². The van der Waals surface area contributed by atoms with Crippen LogP contribution in [0.25, 0.3) is 0 Å². The van der Waals surface area contributed by atoms with Gasteiger partial charge >= 0.3 is 17.9 Å². The maximum absolute atomic E-state index is 12.8. The molecule has 0 amide bonds. The van der Waals surface area contributed by atoms with Crippen molar-refractivity contribution in [3.8, 4) is 0 Å². The molecule has 0 saturated carbocycles. The van der Waals surface area contributed by atoms with Crippen LogP contribution in [0.2, 0.25) is 0 Å². The van der Waals surface area contributed by atoms with Gasteiger partial charge in [-0.25, -0.2) is 0 Å². The first-order chi connectivity index (χ1) is 34.5. The summed E-state index contributed by atoms with van der Waals surface area (Å²) in [6.07, 6.45) is 77.2. The maximum Gasteiger partial charge on any atom is 0.306 e. The molecule has 0 aliphatic heterocycles. The zero-order chi connectivity index (χ0) is 50.7. The van der Waals surface area contributed by atoms with Gasteiger partial charge < -0.3 is 14.2 Å². The molecule has 0 aromatic carbocycles. The second-order valence-corrected chi connectivity index (χ2v) is 19.2. The van der Waals surface area contributed by atoms with Crippen molar-refractivity contribution < 1.29 is 28.6 Å². The molecule has 0 saturated heterocycles. The molecule has 1 atom stereocenters. The fourth-order valence-corrected chi connectivity index (χ4v) is 7.99. The summed E-state index contributed by atoms with van der Waals surface area (Å²) in [6.45, 7) is 6.46. The lowest BCUT2D eigenvalue weighted by Crippen LogP contribution is -2.30. The van der Waals surface area contributed by atoms with Gasteiger partial charge in [-0.15, -0.1) is 0 Å². The molecule has 0 radical (unpaired) electrons. The molecule has 0 fully saturated rings. The number of ether oxygens (including phenoxy) is 3.